The molecule has 0 atom stereocenters. The normalized spacial score (nSPS) is 11.5. The van der Waals surface area contributed by atoms with Crippen LogP contribution in [-0.4, -0.2) is 48.7 Å². The summed E-state index contributed by atoms with van der Waals surface area (Å²) in [6.45, 7) is 0. The van der Waals surface area contributed by atoms with E-state index in [-0.39, 0.29) is 35.3 Å². The van der Waals surface area contributed by atoms with E-state index in [1.54, 1.807) is 0 Å². The van der Waals surface area contributed by atoms with Crippen LogP contribution in [0.1, 0.15) is 5.76 Å². The Morgan fingerprint density at radius 3 is 2.54 bits per heavy atom. The minimum atomic E-state index is -4.32. The molecule has 1 aromatic rings. The van der Waals surface area contributed by atoms with Gasteiger partial charge < -0.3 is 9.62 Å². The van der Waals surface area contributed by atoms with Crippen LogP contribution >= 0.6 is 0 Å². The first kappa shape index (κ1) is 12.7. The van der Waals surface area contributed by atoms with Crippen molar-refractivity contribution in [2.45, 2.75) is 5.09 Å². The third kappa shape index (κ3) is 3.49. The van der Waals surface area contributed by atoms with Crippen molar-refractivity contribution in [1.82, 2.24) is 0 Å². The monoisotopic (exact) mass is 214 g/mol. The van der Waals surface area contributed by atoms with Gasteiger partial charge in [0.1, 0.15) is 0 Å². The van der Waals surface area contributed by atoms with Crippen LogP contribution in [0.5, 0.6) is 0 Å². The zero-order valence-electron chi connectivity index (χ0n) is 6.72. The maximum Gasteiger partial charge on any atom is 0.328 e. The summed E-state index contributed by atoms with van der Waals surface area (Å²) in [7, 11) is -4.32. The van der Waals surface area contributed by atoms with Gasteiger partial charge in [-0.25, -0.2) is 5.16 Å². The standard InChI is InChI=1S/C5H5NO5S.Na/c7-6-3-4-1-2-5(11-4)12(8,9)10;/h1-3,6H,(H-,7,8,9,10);. The molecule has 0 aromatic carbocycles. The van der Waals surface area contributed by atoms with Crippen LogP contribution in [0, 0.1) is 5.21 Å². The topological polar surface area (TPSA) is 105 Å². The van der Waals surface area contributed by atoms with Crippen LogP contribution in [0.3, 0.4) is 0 Å². The van der Waals surface area contributed by atoms with Crippen molar-refractivity contribution in [2.24, 2.45) is 0 Å². The predicted molar refractivity (Wildman–Crippen MR) is 43.8 cm³/mol. The Kier molecular flexibility index (Phi) is 4.65. The SMILES string of the molecule is O=S(=O)(O)c1ccc(C=[NH+][O-])o1.[Na]. The molecule has 0 aliphatic heterocycles. The van der Waals surface area contributed by atoms with Crippen LogP contribution in [-0.2, 0) is 10.1 Å². The predicted octanol–water partition coefficient (Wildman–Crippen LogP) is -1.86. The van der Waals surface area contributed by atoms with Gasteiger partial charge in [-0.3, -0.25) is 4.55 Å². The van der Waals surface area contributed by atoms with Crippen molar-refractivity contribution in [3.05, 3.63) is 23.1 Å². The van der Waals surface area contributed by atoms with Crippen molar-refractivity contribution in [2.75, 3.05) is 0 Å². The molecule has 1 heterocycles. The minimum absolute atomic E-state index is 0. The van der Waals surface area contributed by atoms with E-state index in [4.69, 9.17) is 4.55 Å². The minimum Gasteiger partial charge on any atom is -0.625 e. The number of hydrogen-bond acceptors (Lipinski definition) is 4. The van der Waals surface area contributed by atoms with Crippen LogP contribution in [0.4, 0.5) is 0 Å². The molecule has 0 spiro atoms. The maximum atomic E-state index is 10.4. The quantitative estimate of drug-likeness (QED) is 0.197. The smallest absolute Gasteiger partial charge is 0.328 e. The third-order valence-corrected chi connectivity index (χ3v) is 1.79. The number of rotatable bonds is 2. The Morgan fingerprint density at radius 1 is 1.54 bits per heavy atom. The summed E-state index contributed by atoms with van der Waals surface area (Å²) in [5.41, 5.74) is 0. The maximum absolute atomic E-state index is 10.4. The van der Waals surface area contributed by atoms with E-state index in [2.05, 4.69) is 4.42 Å². The van der Waals surface area contributed by atoms with Gasteiger partial charge in [0.25, 0.3) is 0 Å². The Labute approximate surface area is 96.3 Å². The molecule has 0 aliphatic carbocycles. The van der Waals surface area contributed by atoms with Gasteiger partial charge in [-0.2, -0.15) is 8.42 Å². The van der Waals surface area contributed by atoms with Crippen LogP contribution in [0.15, 0.2) is 21.6 Å². The van der Waals surface area contributed by atoms with Crippen LogP contribution < -0.4 is 5.16 Å². The van der Waals surface area contributed by atoms with Crippen molar-refractivity contribution in [3.8, 4) is 0 Å². The Bertz CT molecular complexity index is 395. The number of furan rings is 1. The molecule has 6 nitrogen and oxygen atoms in total. The first-order valence-corrected chi connectivity index (χ1v) is 4.26. The van der Waals surface area contributed by atoms with Gasteiger partial charge in [0.15, 0.2) is 5.76 Å². The molecule has 0 aliphatic rings. The molecule has 13 heavy (non-hydrogen) atoms. The molecule has 2 N–H and O–H groups in total. The molecule has 8 heteroatoms. The molecule has 0 saturated carbocycles. The van der Waals surface area contributed by atoms with E-state index >= 15 is 0 Å². The average molecular weight is 214 g/mol. The first-order chi connectivity index (χ1) is 5.54. The summed E-state index contributed by atoms with van der Waals surface area (Å²) in [5, 5.41) is 10.6. The molecule has 0 amide bonds. The number of hydrogen-bond donors (Lipinski definition) is 2. The molecule has 0 saturated heterocycles. The van der Waals surface area contributed by atoms with E-state index < -0.39 is 15.2 Å². The van der Waals surface area contributed by atoms with Gasteiger partial charge in [-0.1, -0.05) is 0 Å². The number of nitrogens with one attached hydrogen (secondary N) is 1. The second-order valence-electron chi connectivity index (χ2n) is 1.89. The molecular formula is C5H5NNaO5S. The van der Waals surface area contributed by atoms with Crippen molar-refractivity contribution >= 4 is 45.9 Å². The average Bonchev–Trinajstić information content (AvgIpc) is 2.35. The Balaban J connectivity index is 0.00000144. The van der Waals surface area contributed by atoms with Gasteiger partial charge in [0.05, 0.1) is 0 Å². The van der Waals surface area contributed by atoms with Gasteiger partial charge >= 0.3 is 10.1 Å². The largest absolute Gasteiger partial charge is 0.625 e. The summed E-state index contributed by atoms with van der Waals surface area (Å²) in [5.74, 6) is 0.0256. The van der Waals surface area contributed by atoms with Crippen molar-refractivity contribution in [3.63, 3.8) is 0 Å². The summed E-state index contributed by atoms with van der Waals surface area (Å²) >= 11 is 0. The van der Waals surface area contributed by atoms with Crippen molar-refractivity contribution < 1.29 is 22.5 Å². The van der Waals surface area contributed by atoms with Gasteiger partial charge in [0.2, 0.25) is 11.3 Å². The summed E-state index contributed by atoms with van der Waals surface area (Å²) in [6, 6.07) is 2.27. The Hall–Kier alpha value is -0.340. The summed E-state index contributed by atoms with van der Waals surface area (Å²) in [4.78, 5) is 0. The second-order valence-corrected chi connectivity index (χ2v) is 3.25. The molecule has 0 bridgehead atoms. The Morgan fingerprint density at radius 2 is 2.15 bits per heavy atom. The zero-order chi connectivity index (χ0) is 9.19. The molecular weight excluding hydrogens is 209 g/mol. The van der Waals surface area contributed by atoms with Gasteiger partial charge in [0, 0.05) is 29.6 Å². The molecule has 0 unspecified atom stereocenters. The summed E-state index contributed by atoms with van der Waals surface area (Å²) in [6.07, 6.45) is 0.911. The van der Waals surface area contributed by atoms with E-state index in [1.165, 1.54) is 11.2 Å². The van der Waals surface area contributed by atoms with Gasteiger partial charge in [-0.05, 0) is 12.1 Å². The van der Waals surface area contributed by atoms with Crippen molar-refractivity contribution in [1.29, 1.82) is 0 Å². The van der Waals surface area contributed by atoms with E-state index in [0.29, 0.717) is 0 Å². The van der Waals surface area contributed by atoms with Gasteiger partial charge in [-0.15, -0.1) is 0 Å². The third-order valence-electron chi connectivity index (χ3n) is 1.06. The first-order valence-electron chi connectivity index (χ1n) is 2.82. The van der Waals surface area contributed by atoms with E-state index in [0.717, 1.165) is 12.3 Å². The van der Waals surface area contributed by atoms with E-state index in [1.807, 2.05) is 0 Å². The fourth-order valence-electron chi connectivity index (χ4n) is 0.609. The van der Waals surface area contributed by atoms with E-state index in [9.17, 15) is 13.6 Å². The molecule has 0 fully saturated rings. The fourth-order valence-corrected chi connectivity index (χ4v) is 1.05. The van der Waals surface area contributed by atoms with Crippen LogP contribution in [0.2, 0.25) is 0 Å². The second kappa shape index (κ2) is 4.77. The summed E-state index contributed by atoms with van der Waals surface area (Å²) < 4.78 is 33.8. The molecule has 67 valence electrons. The molecule has 1 radical (unpaired) electrons. The molecule has 1 rings (SSSR count). The molecule has 1 aromatic heterocycles. The zero-order valence-corrected chi connectivity index (χ0v) is 9.54. The van der Waals surface area contributed by atoms with Crippen LogP contribution in [0.25, 0.3) is 0 Å². The fraction of sp³-hybridized carbons (Fsp3) is 0.